The molecule has 1 aromatic carbocycles. The number of nitrogens with zero attached hydrogens (tertiary/aromatic N) is 5. The van der Waals surface area contributed by atoms with Crippen LogP contribution in [0.15, 0.2) is 24.3 Å². The number of fused-ring (bicyclic) bond motifs is 2. The van der Waals surface area contributed by atoms with Gasteiger partial charge in [-0.25, -0.2) is 0 Å². The minimum absolute atomic E-state index is 0.124. The van der Waals surface area contributed by atoms with Gasteiger partial charge in [0.25, 0.3) is 0 Å². The predicted molar refractivity (Wildman–Crippen MR) is 90.2 cm³/mol. The Morgan fingerprint density at radius 2 is 1.88 bits per heavy atom. The Morgan fingerprint density at radius 1 is 1.08 bits per heavy atom. The Balaban J connectivity index is 1.45. The molecule has 2 aromatic rings. The van der Waals surface area contributed by atoms with Crippen molar-refractivity contribution in [3.63, 3.8) is 0 Å². The van der Waals surface area contributed by atoms with E-state index in [0.717, 1.165) is 44.2 Å². The summed E-state index contributed by atoms with van der Waals surface area (Å²) in [5.74, 6) is 2.13. The predicted octanol–water partition coefficient (Wildman–Crippen LogP) is 1.38. The normalized spacial score (nSPS) is 18.8. The van der Waals surface area contributed by atoms with Gasteiger partial charge in [0.15, 0.2) is 0 Å². The smallest absolute Gasteiger partial charge is 0.239 e. The molecule has 2 aliphatic heterocycles. The number of rotatable bonds is 2. The summed E-state index contributed by atoms with van der Waals surface area (Å²) in [6, 6.07) is 8.30. The highest BCUT2D eigenvalue weighted by molar-refractivity contribution is 5.81. The van der Waals surface area contributed by atoms with Crippen LogP contribution < -0.4 is 0 Å². The molecule has 6 heteroatoms. The standard InChI is InChI=1S/C18H23N5O/c1-13(21-9-10-23-14(2)19-20-17(23)12-21)18(24)22-8-7-15-5-3-4-6-16(15)11-22/h3-6,13H,7-12H2,1-2H3/t13-/m0/s1. The van der Waals surface area contributed by atoms with Crippen molar-refractivity contribution < 1.29 is 4.79 Å². The van der Waals surface area contributed by atoms with Crippen LogP contribution in [0.3, 0.4) is 0 Å². The van der Waals surface area contributed by atoms with E-state index in [1.165, 1.54) is 11.1 Å². The third-order valence-corrected chi connectivity index (χ3v) is 5.32. The number of aromatic nitrogens is 3. The molecule has 0 bridgehead atoms. The van der Waals surface area contributed by atoms with Gasteiger partial charge in [-0.3, -0.25) is 9.69 Å². The molecule has 0 fully saturated rings. The van der Waals surface area contributed by atoms with E-state index < -0.39 is 0 Å². The third-order valence-electron chi connectivity index (χ3n) is 5.32. The number of hydrogen-bond donors (Lipinski definition) is 0. The molecule has 0 N–H and O–H groups in total. The Morgan fingerprint density at radius 3 is 2.71 bits per heavy atom. The van der Waals surface area contributed by atoms with Crippen molar-refractivity contribution in [1.29, 1.82) is 0 Å². The zero-order valence-corrected chi connectivity index (χ0v) is 14.3. The molecule has 1 amide bonds. The molecule has 1 aromatic heterocycles. The first-order valence-electron chi connectivity index (χ1n) is 8.62. The van der Waals surface area contributed by atoms with Gasteiger partial charge in [0.1, 0.15) is 11.6 Å². The van der Waals surface area contributed by atoms with Gasteiger partial charge in [-0.2, -0.15) is 0 Å². The first-order valence-corrected chi connectivity index (χ1v) is 8.62. The van der Waals surface area contributed by atoms with E-state index in [4.69, 9.17) is 0 Å². The Labute approximate surface area is 142 Å². The Hall–Kier alpha value is -2.21. The van der Waals surface area contributed by atoms with Gasteiger partial charge >= 0.3 is 0 Å². The lowest BCUT2D eigenvalue weighted by Gasteiger charge is -2.36. The maximum Gasteiger partial charge on any atom is 0.239 e. The number of carbonyl (C=O) groups excluding carboxylic acids is 1. The third kappa shape index (κ3) is 2.60. The number of amides is 1. The highest BCUT2D eigenvalue weighted by Gasteiger charge is 2.31. The van der Waals surface area contributed by atoms with Crippen molar-refractivity contribution >= 4 is 5.91 Å². The summed E-state index contributed by atoms with van der Waals surface area (Å²) in [6.07, 6.45) is 0.947. The van der Waals surface area contributed by atoms with Crippen LogP contribution in [0.4, 0.5) is 0 Å². The van der Waals surface area contributed by atoms with Crippen LogP contribution in [0.5, 0.6) is 0 Å². The van der Waals surface area contributed by atoms with Gasteiger partial charge in [-0.1, -0.05) is 24.3 Å². The van der Waals surface area contributed by atoms with Gasteiger partial charge < -0.3 is 9.47 Å². The van der Waals surface area contributed by atoms with E-state index in [2.05, 4.69) is 43.9 Å². The molecule has 4 rings (SSSR count). The number of carbonyl (C=O) groups is 1. The SMILES string of the molecule is Cc1nnc2n1CCN([C@@H](C)C(=O)N1CCc3ccccc3C1)C2. The summed E-state index contributed by atoms with van der Waals surface area (Å²) < 4.78 is 2.14. The van der Waals surface area contributed by atoms with E-state index in [1.54, 1.807) is 0 Å². The molecule has 0 radical (unpaired) electrons. The van der Waals surface area contributed by atoms with Gasteiger partial charge in [0.2, 0.25) is 5.91 Å². The summed E-state index contributed by atoms with van der Waals surface area (Å²) in [7, 11) is 0. The molecular weight excluding hydrogens is 302 g/mol. The van der Waals surface area contributed by atoms with Crippen LogP contribution in [0.25, 0.3) is 0 Å². The zero-order valence-electron chi connectivity index (χ0n) is 14.3. The summed E-state index contributed by atoms with van der Waals surface area (Å²) in [4.78, 5) is 17.2. The lowest BCUT2D eigenvalue weighted by molar-refractivity contribution is -0.138. The Bertz CT molecular complexity index is 769. The van der Waals surface area contributed by atoms with Crippen LogP contribution in [-0.2, 0) is 30.8 Å². The van der Waals surface area contributed by atoms with Crippen LogP contribution >= 0.6 is 0 Å². The van der Waals surface area contributed by atoms with Gasteiger partial charge in [-0.15, -0.1) is 10.2 Å². The van der Waals surface area contributed by atoms with Crippen molar-refractivity contribution in [2.24, 2.45) is 0 Å². The van der Waals surface area contributed by atoms with Gasteiger partial charge in [-0.05, 0) is 31.4 Å². The van der Waals surface area contributed by atoms with E-state index in [0.29, 0.717) is 6.54 Å². The highest BCUT2D eigenvalue weighted by Crippen LogP contribution is 2.21. The molecule has 24 heavy (non-hydrogen) atoms. The van der Waals surface area contributed by atoms with Crippen molar-refractivity contribution in [3.05, 3.63) is 47.0 Å². The topological polar surface area (TPSA) is 54.3 Å². The molecule has 0 spiro atoms. The lowest BCUT2D eigenvalue weighted by Crippen LogP contribution is -2.50. The molecule has 126 valence electrons. The average molecular weight is 325 g/mol. The second kappa shape index (κ2) is 6.02. The fourth-order valence-electron chi connectivity index (χ4n) is 3.76. The summed E-state index contributed by atoms with van der Waals surface area (Å²) in [5, 5.41) is 8.38. The van der Waals surface area contributed by atoms with Gasteiger partial charge in [0.05, 0.1) is 12.6 Å². The minimum Gasteiger partial charge on any atom is -0.337 e. The summed E-state index contributed by atoms with van der Waals surface area (Å²) in [5.41, 5.74) is 2.65. The summed E-state index contributed by atoms with van der Waals surface area (Å²) in [6.45, 7) is 7.94. The first-order chi connectivity index (χ1) is 11.6. The molecule has 0 saturated heterocycles. The molecule has 3 heterocycles. The largest absolute Gasteiger partial charge is 0.337 e. The zero-order chi connectivity index (χ0) is 16.7. The molecule has 0 aliphatic carbocycles. The van der Waals surface area contributed by atoms with Gasteiger partial charge in [0, 0.05) is 26.2 Å². The first kappa shape index (κ1) is 15.3. The fourth-order valence-corrected chi connectivity index (χ4v) is 3.76. The second-order valence-electron chi connectivity index (χ2n) is 6.74. The highest BCUT2D eigenvalue weighted by atomic mass is 16.2. The van der Waals surface area contributed by atoms with E-state index in [-0.39, 0.29) is 11.9 Å². The second-order valence-corrected chi connectivity index (χ2v) is 6.74. The molecule has 0 saturated carbocycles. The maximum absolute atomic E-state index is 13.0. The Kier molecular flexibility index (Phi) is 3.84. The molecule has 0 unspecified atom stereocenters. The minimum atomic E-state index is -0.124. The van der Waals surface area contributed by atoms with Crippen molar-refractivity contribution in [1.82, 2.24) is 24.6 Å². The maximum atomic E-state index is 13.0. The van der Waals surface area contributed by atoms with Crippen LogP contribution in [0.1, 0.15) is 29.7 Å². The number of hydrogen-bond acceptors (Lipinski definition) is 4. The van der Waals surface area contributed by atoms with Crippen LogP contribution in [0, 0.1) is 6.92 Å². The van der Waals surface area contributed by atoms with E-state index in [1.807, 2.05) is 18.7 Å². The molecule has 2 aliphatic rings. The molecular formula is C18H23N5O. The average Bonchev–Trinajstić information content (AvgIpc) is 3.00. The lowest BCUT2D eigenvalue weighted by atomic mass is 9.99. The van der Waals surface area contributed by atoms with Crippen molar-refractivity contribution in [2.75, 3.05) is 13.1 Å². The fraction of sp³-hybridized carbons (Fsp3) is 0.500. The molecule has 1 atom stereocenters. The van der Waals surface area contributed by atoms with Crippen LogP contribution in [-0.4, -0.2) is 49.6 Å². The van der Waals surface area contributed by atoms with E-state index >= 15 is 0 Å². The quantitative estimate of drug-likeness (QED) is 0.837. The van der Waals surface area contributed by atoms with E-state index in [9.17, 15) is 4.79 Å². The molecule has 6 nitrogen and oxygen atoms in total. The van der Waals surface area contributed by atoms with Crippen molar-refractivity contribution in [2.45, 2.75) is 45.9 Å². The van der Waals surface area contributed by atoms with Crippen LogP contribution in [0.2, 0.25) is 0 Å². The monoisotopic (exact) mass is 325 g/mol. The van der Waals surface area contributed by atoms with Crippen molar-refractivity contribution in [3.8, 4) is 0 Å². The summed E-state index contributed by atoms with van der Waals surface area (Å²) >= 11 is 0. The number of aryl methyl sites for hydroxylation is 1. The number of benzene rings is 1.